The summed E-state index contributed by atoms with van der Waals surface area (Å²) in [5.41, 5.74) is 25.3. The lowest BCUT2D eigenvalue weighted by Gasteiger charge is -2.12. The Morgan fingerprint density at radius 2 is 1.24 bits per heavy atom. The summed E-state index contributed by atoms with van der Waals surface area (Å²) in [6.45, 7) is 0. The monoisotopic (exact) mass is 394 g/mol. The molecule has 9 heteroatoms. The van der Waals surface area contributed by atoms with E-state index in [0.717, 1.165) is 16.7 Å². The zero-order valence-corrected chi connectivity index (χ0v) is 16.0. The fourth-order valence-corrected chi connectivity index (χ4v) is 2.94. The average Bonchev–Trinajstić information content (AvgIpc) is 3.16. The molecule has 0 fully saturated rings. The van der Waals surface area contributed by atoms with Crippen LogP contribution in [0.15, 0.2) is 63.1 Å². The van der Waals surface area contributed by atoms with Crippen LogP contribution >= 0.6 is 0 Å². The molecule has 0 radical (unpaired) electrons. The Labute approximate surface area is 167 Å². The van der Waals surface area contributed by atoms with Crippen LogP contribution in [0.4, 0.5) is 11.4 Å². The van der Waals surface area contributed by atoms with Crippen molar-refractivity contribution in [3.63, 3.8) is 0 Å². The molecule has 0 spiro atoms. The third-order valence-corrected chi connectivity index (χ3v) is 4.09. The molecular formula is C20H22N6O3. The molecule has 0 aliphatic carbocycles. The first-order valence-corrected chi connectivity index (χ1v) is 8.56. The molecule has 0 amide bonds. The van der Waals surface area contributed by atoms with E-state index in [1.54, 1.807) is 44.7 Å². The standard InChI is InChI=1S/C20H22N6O3/c1-27-16-9-11(25-19(21)22)3-5-13(16)14-7-8-29-18(14)15-6-4-12(26-20(23)24)10-17(15)28-2/h3-10H,1-2H3,(H4,21,22,25)(H4,23,24,26). The molecule has 0 unspecified atom stereocenters. The van der Waals surface area contributed by atoms with Crippen LogP contribution in [0, 0.1) is 0 Å². The predicted molar refractivity (Wildman–Crippen MR) is 114 cm³/mol. The van der Waals surface area contributed by atoms with Gasteiger partial charge < -0.3 is 36.8 Å². The van der Waals surface area contributed by atoms with Crippen LogP contribution in [0.5, 0.6) is 11.5 Å². The summed E-state index contributed by atoms with van der Waals surface area (Å²) in [5, 5.41) is 0. The summed E-state index contributed by atoms with van der Waals surface area (Å²) in [5.74, 6) is 1.68. The Hall–Kier alpha value is -4.14. The highest BCUT2D eigenvalue weighted by Crippen LogP contribution is 2.43. The maximum atomic E-state index is 5.77. The zero-order valence-electron chi connectivity index (χ0n) is 16.0. The molecule has 0 aliphatic rings. The normalized spacial score (nSPS) is 10.3. The van der Waals surface area contributed by atoms with E-state index in [1.807, 2.05) is 18.2 Å². The first-order valence-electron chi connectivity index (χ1n) is 8.56. The van der Waals surface area contributed by atoms with Crippen LogP contribution in [0.2, 0.25) is 0 Å². The Bertz CT molecular complexity index is 996. The summed E-state index contributed by atoms with van der Waals surface area (Å²) < 4.78 is 16.8. The van der Waals surface area contributed by atoms with Gasteiger partial charge in [-0.25, -0.2) is 9.98 Å². The van der Waals surface area contributed by atoms with Gasteiger partial charge in [-0.1, -0.05) is 0 Å². The van der Waals surface area contributed by atoms with Crippen LogP contribution in [-0.2, 0) is 0 Å². The third-order valence-electron chi connectivity index (χ3n) is 4.09. The molecule has 2 aromatic carbocycles. The number of hydrogen-bond donors (Lipinski definition) is 4. The summed E-state index contributed by atoms with van der Waals surface area (Å²) in [7, 11) is 3.13. The van der Waals surface area contributed by atoms with Gasteiger partial charge in [0.2, 0.25) is 0 Å². The number of methoxy groups -OCH3 is 2. The predicted octanol–water partition coefficient (Wildman–Crippen LogP) is 2.44. The first kappa shape index (κ1) is 19.6. The average molecular weight is 394 g/mol. The molecule has 9 nitrogen and oxygen atoms in total. The topological polar surface area (TPSA) is 160 Å². The molecule has 8 N–H and O–H groups in total. The van der Waals surface area contributed by atoms with Crippen LogP contribution in [0.3, 0.4) is 0 Å². The molecule has 0 atom stereocenters. The quantitative estimate of drug-likeness (QED) is 0.369. The van der Waals surface area contributed by atoms with E-state index in [-0.39, 0.29) is 11.9 Å². The van der Waals surface area contributed by atoms with E-state index >= 15 is 0 Å². The third kappa shape index (κ3) is 4.24. The minimum atomic E-state index is -0.0379. The SMILES string of the molecule is COc1cc(N=C(N)N)ccc1-c1ccoc1-c1ccc(N=C(N)N)cc1OC. The van der Waals surface area contributed by atoms with Crippen molar-refractivity contribution >= 4 is 23.3 Å². The minimum absolute atomic E-state index is 0.0330. The maximum absolute atomic E-state index is 5.77. The highest BCUT2D eigenvalue weighted by molar-refractivity contribution is 5.87. The lowest BCUT2D eigenvalue weighted by molar-refractivity contribution is 0.414. The van der Waals surface area contributed by atoms with Crippen molar-refractivity contribution in [2.45, 2.75) is 0 Å². The molecule has 29 heavy (non-hydrogen) atoms. The number of benzene rings is 2. The Kier molecular flexibility index (Phi) is 5.59. The van der Waals surface area contributed by atoms with Gasteiger partial charge in [-0.3, -0.25) is 0 Å². The molecule has 0 saturated carbocycles. The molecule has 1 aromatic heterocycles. The largest absolute Gasteiger partial charge is 0.496 e. The van der Waals surface area contributed by atoms with E-state index in [9.17, 15) is 0 Å². The Morgan fingerprint density at radius 3 is 1.76 bits per heavy atom. The van der Waals surface area contributed by atoms with Crippen molar-refractivity contribution < 1.29 is 13.9 Å². The van der Waals surface area contributed by atoms with Crippen molar-refractivity contribution in [2.24, 2.45) is 32.9 Å². The highest BCUT2D eigenvalue weighted by atomic mass is 16.5. The lowest BCUT2D eigenvalue weighted by Crippen LogP contribution is -2.21. The van der Waals surface area contributed by atoms with Crippen molar-refractivity contribution in [1.29, 1.82) is 0 Å². The molecule has 0 bridgehead atoms. The number of aliphatic imine (C=N–C) groups is 2. The van der Waals surface area contributed by atoms with Gasteiger partial charge in [0.1, 0.15) is 17.3 Å². The van der Waals surface area contributed by atoms with Gasteiger partial charge in [0, 0.05) is 23.3 Å². The van der Waals surface area contributed by atoms with Gasteiger partial charge in [0.15, 0.2) is 11.9 Å². The van der Waals surface area contributed by atoms with Crippen molar-refractivity contribution in [1.82, 2.24) is 0 Å². The number of furan rings is 1. The number of nitrogens with zero attached hydrogens (tertiary/aromatic N) is 2. The van der Waals surface area contributed by atoms with Crippen molar-refractivity contribution in [2.75, 3.05) is 14.2 Å². The Balaban J connectivity index is 2.11. The first-order chi connectivity index (χ1) is 13.9. The minimum Gasteiger partial charge on any atom is -0.496 e. The van der Waals surface area contributed by atoms with Gasteiger partial charge in [-0.15, -0.1) is 0 Å². The van der Waals surface area contributed by atoms with Gasteiger partial charge in [0.05, 0.1) is 37.4 Å². The summed E-state index contributed by atoms with van der Waals surface area (Å²) in [6, 6.07) is 12.5. The van der Waals surface area contributed by atoms with Crippen LogP contribution in [0.25, 0.3) is 22.5 Å². The lowest BCUT2D eigenvalue weighted by atomic mass is 10.00. The van der Waals surface area contributed by atoms with E-state index < -0.39 is 0 Å². The van der Waals surface area contributed by atoms with Crippen LogP contribution < -0.4 is 32.4 Å². The van der Waals surface area contributed by atoms with Gasteiger partial charge in [0.25, 0.3) is 0 Å². The second kappa shape index (κ2) is 8.26. The number of ether oxygens (including phenoxy) is 2. The Morgan fingerprint density at radius 1 is 0.724 bits per heavy atom. The van der Waals surface area contributed by atoms with Crippen molar-refractivity contribution in [3.8, 4) is 33.9 Å². The number of rotatable bonds is 6. The van der Waals surface area contributed by atoms with E-state index in [2.05, 4.69) is 9.98 Å². The number of hydrogen-bond acceptors (Lipinski definition) is 5. The van der Waals surface area contributed by atoms with Gasteiger partial charge in [-0.05, 0) is 30.3 Å². The van der Waals surface area contributed by atoms with Crippen molar-refractivity contribution in [3.05, 3.63) is 48.7 Å². The fourth-order valence-electron chi connectivity index (χ4n) is 2.94. The maximum Gasteiger partial charge on any atom is 0.191 e. The van der Waals surface area contributed by atoms with E-state index in [4.69, 9.17) is 36.8 Å². The molecule has 0 aliphatic heterocycles. The summed E-state index contributed by atoms with van der Waals surface area (Å²) >= 11 is 0. The highest BCUT2D eigenvalue weighted by Gasteiger charge is 2.19. The summed E-state index contributed by atoms with van der Waals surface area (Å²) in [6.07, 6.45) is 1.59. The molecule has 0 saturated heterocycles. The van der Waals surface area contributed by atoms with Gasteiger partial charge >= 0.3 is 0 Å². The van der Waals surface area contributed by atoms with Crippen LogP contribution in [0.1, 0.15) is 0 Å². The molecule has 150 valence electrons. The zero-order chi connectivity index (χ0) is 21.0. The van der Waals surface area contributed by atoms with E-state index in [0.29, 0.717) is 28.6 Å². The summed E-state index contributed by atoms with van der Waals surface area (Å²) in [4.78, 5) is 8.09. The number of guanidine groups is 2. The van der Waals surface area contributed by atoms with Crippen LogP contribution in [-0.4, -0.2) is 26.1 Å². The second-order valence-corrected chi connectivity index (χ2v) is 6.01. The smallest absolute Gasteiger partial charge is 0.191 e. The fraction of sp³-hybridized carbons (Fsp3) is 0.100. The molecule has 3 rings (SSSR count). The molecule has 3 aromatic rings. The molecule has 1 heterocycles. The van der Waals surface area contributed by atoms with E-state index in [1.165, 1.54) is 0 Å². The van der Waals surface area contributed by atoms with Gasteiger partial charge in [-0.2, -0.15) is 0 Å². The number of nitrogens with two attached hydrogens (primary N) is 4. The second-order valence-electron chi connectivity index (χ2n) is 6.01. The molecular weight excluding hydrogens is 372 g/mol.